The second-order valence-corrected chi connectivity index (χ2v) is 5.71. The van der Waals surface area contributed by atoms with E-state index < -0.39 is 0 Å². The van der Waals surface area contributed by atoms with Crippen molar-refractivity contribution in [1.82, 2.24) is 5.06 Å². The van der Waals surface area contributed by atoms with Crippen molar-refractivity contribution in [2.24, 2.45) is 5.92 Å². The van der Waals surface area contributed by atoms with Gasteiger partial charge in [0.05, 0.1) is 13.0 Å². The molecule has 1 aromatic carbocycles. The lowest BCUT2D eigenvalue weighted by Crippen LogP contribution is -2.34. The number of amides is 2. The normalized spacial score (nSPS) is 18.5. The molecule has 108 valence electrons. The molecule has 2 amide bonds. The van der Waals surface area contributed by atoms with Crippen molar-refractivity contribution >= 4 is 33.4 Å². The summed E-state index contributed by atoms with van der Waals surface area (Å²) in [5.74, 6) is -0.553. The number of hydrogen-bond acceptors (Lipinski definition) is 3. The van der Waals surface area contributed by atoms with Crippen LogP contribution in [0.4, 0.5) is 5.69 Å². The third-order valence-corrected chi connectivity index (χ3v) is 4.40. The Balaban J connectivity index is 2.17. The molecule has 1 aromatic rings. The molecule has 20 heavy (non-hydrogen) atoms. The number of hydrogen-bond donors (Lipinski definition) is 0. The summed E-state index contributed by atoms with van der Waals surface area (Å²) >= 11 is 3.44. The maximum atomic E-state index is 12.1. The van der Waals surface area contributed by atoms with E-state index in [0.717, 1.165) is 15.7 Å². The van der Waals surface area contributed by atoms with Gasteiger partial charge in [-0.05, 0) is 30.7 Å². The Morgan fingerprint density at radius 2 is 2.20 bits per heavy atom. The molecule has 1 heterocycles. The predicted molar refractivity (Wildman–Crippen MR) is 79.1 cm³/mol. The molecular formula is C14H17BrN2O3. The van der Waals surface area contributed by atoms with Gasteiger partial charge in [0.2, 0.25) is 5.91 Å². The molecule has 0 aromatic heterocycles. The molecule has 1 unspecified atom stereocenters. The summed E-state index contributed by atoms with van der Waals surface area (Å²) in [5, 5.41) is 1.17. The van der Waals surface area contributed by atoms with E-state index in [1.165, 1.54) is 12.2 Å². The molecule has 0 spiro atoms. The lowest BCUT2D eigenvalue weighted by atomic mass is 10.1. The zero-order valence-corrected chi connectivity index (χ0v) is 13.3. The Morgan fingerprint density at radius 3 is 2.80 bits per heavy atom. The Labute approximate surface area is 126 Å². The van der Waals surface area contributed by atoms with Crippen LogP contribution in [0.5, 0.6) is 0 Å². The molecule has 1 aliphatic heterocycles. The zero-order valence-electron chi connectivity index (χ0n) is 11.7. The van der Waals surface area contributed by atoms with Crippen molar-refractivity contribution in [3.05, 3.63) is 28.2 Å². The summed E-state index contributed by atoms with van der Waals surface area (Å²) in [4.78, 5) is 30.7. The van der Waals surface area contributed by atoms with Crippen molar-refractivity contribution in [3.63, 3.8) is 0 Å². The molecule has 0 N–H and O–H groups in total. The van der Waals surface area contributed by atoms with Crippen molar-refractivity contribution in [1.29, 1.82) is 0 Å². The van der Waals surface area contributed by atoms with Crippen LogP contribution in [0.15, 0.2) is 22.7 Å². The van der Waals surface area contributed by atoms with Crippen LogP contribution in [-0.2, 0) is 14.4 Å². The van der Waals surface area contributed by atoms with Crippen LogP contribution >= 0.6 is 15.9 Å². The molecule has 0 bridgehead atoms. The molecule has 2 rings (SSSR count). The SMILES string of the molecule is CON(C)C(=O)C1CC(=O)N(c2ccc(Br)c(C)c2)C1. The van der Waals surface area contributed by atoms with Crippen LogP contribution in [0.25, 0.3) is 0 Å². The summed E-state index contributed by atoms with van der Waals surface area (Å²) in [6.45, 7) is 2.36. The number of carbonyl (C=O) groups is 2. The number of carbonyl (C=O) groups excluding carboxylic acids is 2. The van der Waals surface area contributed by atoms with Gasteiger partial charge in [0.25, 0.3) is 5.91 Å². The van der Waals surface area contributed by atoms with E-state index in [1.54, 1.807) is 11.9 Å². The Morgan fingerprint density at radius 1 is 1.50 bits per heavy atom. The van der Waals surface area contributed by atoms with Gasteiger partial charge in [0, 0.05) is 30.2 Å². The van der Waals surface area contributed by atoms with Crippen LogP contribution in [-0.4, -0.2) is 37.6 Å². The summed E-state index contributed by atoms with van der Waals surface area (Å²) in [7, 11) is 2.99. The van der Waals surface area contributed by atoms with Crippen LogP contribution < -0.4 is 4.90 Å². The fourth-order valence-electron chi connectivity index (χ4n) is 2.27. The highest BCUT2D eigenvalue weighted by molar-refractivity contribution is 9.10. The van der Waals surface area contributed by atoms with Crippen LogP contribution in [0, 0.1) is 12.8 Å². The number of benzene rings is 1. The maximum absolute atomic E-state index is 12.1. The highest BCUT2D eigenvalue weighted by Crippen LogP contribution is 2.29. The quantitative estimate of drug-likeness (QED) is 0.792. The first-order valence-corrected chi connectivity index (χ1v) is 7.11. The summed E-state index contributed by atoms with van der Waals surface area (Å²) in [6, 6.07) is 5.73. The minimum atomic E-state index is -0.351. The second-order valence-electron chi connectivity index (χ2n) is 4.86. The third kappa shape index (κ3) is 2.86. The molecule has 0 saturated carbocycles. The van der Waals surface area contributed by atoms with E-state index in [2.05, 4.69) is 15.9 Å². The second kappa shape index (κ2) is 5.93. The van der Waals surface area contributed by atoms with E-state index in [9.17, 15) is 9.59 Å². The highest BCUT2D eigenvalue weighted by atomic mass is 79.9. The van der Waals surface area contributed by atoms with Gasteiger partial charge in [-0.1, -0.05) is 15.9 Å². The summed E-state index contributed by atoms with van der Waals surface area (Å²) in [6.07, 6.45) is 0.224. The van der Waals surface area contributed by atoms with Gasteiger partial charge < -0.3 is 4.90 Å². The Bertz CT molecular complexity index is 547. The Kier molecular flexibility index (Phi) is 4.45. The molecule has 5 nitrogen and oxygen atoms in total. The van der Waals surface area contributed by atoms with Crippen LogP contribution in [0.1, 0.15) is 12.0 Å². The zero-order chi connectivity index (χ0) is 14.9. The van der Waals surface area contributed by atoms with E-state index in [0.29, 0.717) is 6.54 Å². The van der Waals surface area contributed by atoms with E-state index >= 15 is 0 Å². The molecule has 1 saturated heterocycles. The van der Waals surface area contributed by atoms with Gasteiger partial charge in [0.15, 0.2) is 0 Å². The molecular weight excluding hydrogens is 324 g/mol. The van der Waals surface area contributed by atoms with Gasteiger partial charge >= 0.3 is 0 Å². The smallest absolute Gasteiger partial charge is 0.251 e. The number of anilines is 1. The molecule has 0 aliphatic carbocycles. The Hall–Kier alpha value is -1.40. The van der Waals surface area contributed by atoms with E-state index in [1.807, 2.05) is 25.1 Å². The molecule has 6 heteroatoms. The third-order valence-electron chi connectivity index (χ3n) is 3.51. The first-order valence-electron chi connectivity index (χ1n) is 6.32. The van der Waals surface area contributed by atoms with Gasteiger partial charge in [0.1, 0.15) is 0 Å². The standard InChI is InChI=1S/C14H17BrN2O3/c1-9-6-11(4-5-12(9)15)17-8-10(7-13(17)18)14(19)16(2)20-3/h4-6,10H,7-8H2,1-3H3. The van der Waals surface area contributed by atoms with Gasteiger partial charge in [-0.15, -0.1) is 0 Å². The molecule has 0 radical (unpaired) electrons. The van der Waals surface area contributed by atoms with Crippen molar-refractivity contribution in [2.75, 3.05) is 25.6 Å². The lowest BCUT2D eigenvalue weighted by molar-refractivity contribution is -0.172. The monoisotopic (exact) mass is 340 g/mol. The first-order chi connectivity index (χ1) is 9.43. The topological polar surface area (TPSA) is 49.9 Å². The highest BCUT2D eigenvalue weighted by Gasteiger charge is 2.36. The lowest BCUT2D eigenvalue weighted by Gasteiger charge is -2.19. The van der Waals surface area contributed by atoms with Crippen molar-refractivity contribution in [2.45, 2.75) is 13.3 Å². The largest absolute Gasteiger partial charge is 0.312 e. The van der Waals surface area contributed by atoms with E-state index in [4.69, 9.17) is 4.84 Å². The van der Waals surface area contributed by atoms with Crippen molar-refractivity contribution < 1.29 is 14.4 Å². The molecule has 1 aliphatic rings. The maximum Gasteiger partial charge on any atom is 0.251 e. The first kappa shape index (κ1) is 15.0. The fourth-order valence-corrected chi connectivity index (χ4v) is 2.51. The average Bonchev–Trinajstić information content (AvgIpc) is 2.82. The molecule has 1 atom stereocenters. The van der Waals surface area contributed by atoms with Gasteiger partial charge in [-0.2, -0.15) is 0 Å². The predicted octanol–water partition coefficient (Wildman–Crippen LogP) is 2.13. The molecule has 1 fully saturated rings. The summed E-state index contributed by atoms with van der Waals surface area (Å²) < 4.78 is 1.000. The van der Waals surface area contributed by atoms with Crippen LogP contribution in [0.2, 0.25) is 0 Å². The van der Waals surface area contributed by atoms with Crippen molar-refractivity contribution in [3.8, 4) is 0 Å². The van der Waals surface area contributed by atoms with Gasteiger partial charge in [-0.3, -0.25) is 14.4 Å². The van der Waals surface area contributed by atoms with Crippen LogP contribution in [0.3, 0.4) is 0 Å². The average molecular weight is 341 g/mol. The number of rotatable bonds is 3. The minimum Gasteiger partial charge on any atom is -0.312 e. The number of halogens is 1. The number of nitrogens with zero attached hydrogens (tertiary/aromatic N) is 2. The van der Waals surface area contributed by atoms with E-state index in [-0.39, 0.29) is 24.2 Å². The number of aryl methyl sites for hydroxylation is 1. The summed E-state index contributed by atoms with van der Waals surface area (Å²) in [5.41, 5.74) is 1.88. The van der Waals surface area contributed by atoms with Gasteiger partial charge in [-0.25, -0.2) is 5.06 Å². The number of hydroxylamine groups is 2. The fraction of sp³-hybridized carbons (Fsp3) is 0.429. The minimum absolute atomic E-state index is 0.0328.